The van der Waals surface area contributed by atoms with Gasteiger partial charge in [-0.2, -0.15) is 13.2 Å². The SMILES string of the molecule is CCCCNc1cc(Cl)cc(C(F)(F)F)c1. The van der Waals surface area contributed by atoms with E-state index in [4.69, 9.17) is 11.6 Å². The fraction of sp³-hybridized carbons (Fsp3) is 0.455. The molecule has 5 heteroatoms. The Morgan fingerprint density at radius 3 is 2.50 bits per heavy atom. The molecule has 1 aromatic rings. The second-order valence-electron chi connectivity index (χ2n) is 3.51. The minimum atomic E-state index is -4.36. The molecule has 0 unspecified atom stereocenters. The Morgan fingerprint density at radius 2 is 1.94 bits per heavy atom. The summed E-state index contributed by atoms with van der Waals surface area (Å²) in [5, 5.41) is 3.01. The first kappa shape index (κ1) is 13.2. The van der Waals surface area contributed by atoms with E-state index in [2.05, 4.69) is 5.32 Å². The summed E-state index contributed by atoms with van der Waals surface area (Å²) in [6.45, 7) is 2.66. The number of rotatable bonds is 4. The van der Waals surface area contributed by atoms with Crippen molar-refractivity contribution in [1.82, 2.24) is 0 Å². The molecule has 0 radical (unpaired) electrons. The Hall–Kier alpha value is -0.900. The standard InChI is InChI=1S/C11H13ClF3N/c1-2-3-4-16-10-6-8(11(13,14)15)5-9(12)7-10/h5-7,16H,2-4H2,1H3. The van der Waals surface area contributed by atoms with E-state index in [1.807, 2.05) is 6.92 Å². The van der Waals surface area contributed by atoms with Crippen LogP contribution in [0.5, 0.6) is 0 Å². The fourth-order valence-electron chi connectivity index (χ4n) is 1.26. The average molecular weight is 252 g/mol. The molecule has 0 fully saturated rings. The van der Waals surface area contributed by atoms with Crippen LogP contribution >= 0.6 is 11.6 Å². The van der Waals surface area contributed by atoms with Gasteiger partial charge >= 0.3 is 6.18 Å². The topological polar surface area (TPSA) is 12.0 Å². The third-order valence-corrected chi connectivity index (χ3v) is 2.30. The molecule has 0 saturated carbocycles. The number of benzene rings is 1. The van der Waals surface area contributed by atoms with Gasteiger partial charge in [-0.15, -0.1) is 0 Å². The third-order valence-electron chi connectivity index (χ3n) is 2.08. The van der Waals surface area contributed by atoms with E-state index in [1.165, 1.54) is 6.07 Å². The van der Waals surface area contributed by atoms with E-state index in [-0.39, 0.29) is 5.02 Å². The van der Waals surface area contributed by atoms with E-state index >= 15 is 0 Å². The first-order valence-electron chi connectivity index (χ1n) is 5.05. The summed E-state index contributed by atoms with van der Waals surface area (Å²) in [6, 6.07) is 3.49. The van der Waals surface area contributed by atoms with Crippen molar-refractivity contribution >= 4 is 17.3 Å². The molecule has 0 aliphatic rings. The quantitative estimate of drug-likeness (QED) is 0.773. The molecule has 1 rings (SSSR count). The molecule has 0 atom stereocenters. The Labute approximate surface area is 97.6 Å². The predicted octanol–water partition coefficient (Wildman–Crippen LogP) is 4.57. The molecule has 16 heavy (non-hydrogen) atoms. The summed E-state index contributed by atoms with van der Waals surface area (Å²) in [5.41, 5.74) is -0.313. The summed E-state index contributed by atoms with van der Waals surface area (Å²) in [7, 11) is 0. The minimum absolute atomic E-state index is 0.0915. The number of anilines is 1. The van der Waals surface area contributed by atoms with Crippen LogP contribution in [0.1, 0.15) is 25.3 Å². The highest BCUT2D eigenvalue weighted by Crippen LogP contribution is 2.33. The van der Waals surface area contributed by atoms with Crippen LogP contribution in [-0.4, -0.2) is 6.54 Å². The molecule has 0 heterocycles. The van der Waals surface area contributed by atoms with Gasteiger partial charge in [0.25, 0.3) is 0 Å². The molecule has 0 aromatic heterocycles. The van der Waals surface area contributed by atoms with Gasteiger partial charge in [0.2, 0.25) is 0 Å². The van der Waals surface area contributed by atoms with Crippen LogP contribution < -0.4 is 5.32 Å². The second kappa shape index (κ2) is 5.43. The van der Waals surface area contributed by atoms with Crippen molar-refractivity contribution < 1.29 is 13.2 Å². The first-order chi connectivity index (χ1) is 7.43. The monoisotopic (exact) mass is 251 g/mol. The van der Waals surface area contributed by atoms with Gasteiger partial charge in [-0.3, -0.25) is 0 Å². The zero-order valence-corrected chi connectivity index (χ0v) is 9.62. The number of hydrogen-bond donors (Lipinski definition) is 1. The Bertz CT molecular complexity index is 350. The zero-order chi connectivity index (χ0) is 12.2. The summed E-state index contributed by atoms with van der Waals surface area (Å²) in [4.78, 5) is 0. The molecule has 0 saturated heterocycles. The molecule has 1 nitrogen and oxygen atoms in total. The van der Waals surface area contributed by atoms with Gasteiger partial charge in [-0.1, -0.05) is 24.9 Å². The lowest BCUT2D eigenvalue weighted by atomic mass is 10.2. The van der Waals surface area contributed by atoms with Gasteiger partial charge in [0.1, 0.15) is 0 Å². The Kier molecular flexibility index (Phi) is 4.47. The maximum atomic E-state index is 12.4. The lowest BCUT2D eigenvalue weighted by Crippen LogP contribution is -2.07. The zero-order valence-electron chi connectivity index (χ0n) is 8.87. The molecule has 90 valence electrons. The van der Waals surface area contributed by atoms with Crippen LogP contribution in [0.4, 0.5) is 18.9 Å². The van der Waals surface area contributed by atoms with Crippen LogP contribution in [-0.2, 0) is 6.18 Å². The maximum absolute atomic E-state index is 12.4. The van der Waals surface area contributed by atoms with Crippen molar-refractivity contribution in [1.29, 1.82) is 0 Å². The molecule has 0 aliphatic carbocycles. The fourth-order valence-corrected chi connectivity index (χ4v) is 1.50. The molecule has 1 aromatic carbocycles. The van der Waals surface area contributed by atoms with Crippen molar-refractivity contribution in [3.63, 3.8) is 0 Å². The predicted molar refractivity (Wildman–Crippen MR) is 59.9 cm³/mol. The molecule has 1 N–H and O–H groups in total. The van der Waals surface area contributed by atoms with Crippen LogP contribution in [0.15, 0.2) is 18.2 Å². The molecular formula is C11H13ClF3N. The van der Waals surface area contributed by atoms with E-state index in [0.29, 0.717) is 12.2 Å². The highest BCUT2D eigenvalue weighted by molar-refractivity contribution is 6.30. The van der Waals surface area contributed by atoms with Crippen LogP contribution in [0.3, 0.4) is 0 Å². The van der Waals surface area contributed by atoms with Gasteiger partial charge < -0.3 is 5.32 Å². The normalized spacial score (nSPS) is 11.6. The summed E-state index contributed by atoms with van der Waals surface area (Å²) >= 11 is 5.63. The average Bonchev–Trinajstić information content (AvgIpc) is 2.16. The van der Waals surface area contributed by atoms with Crippen molar-refractivity contribution in [3.05, 3.63) is 28.8 Å². The number of halogens is 4. The van der Waals surface area contributed by atoms with Crippen LogP contribution in [0.25, 0.3) is 0 Å². The van der Waals surface area contributed by atoms with Gasteiger partial charge in [-0.05, 0) is 24.6 Å². The van der Waals surface area contributed by atoms with Crippen molar-refractivity contribution in [2.45, 2.75) is 25.9 Å². The van der Waals surface area contributed by atoms with Crippen molar-refractivity contribution in [2.24, 2.45) is 0 Å². The van der Waals surface area contributed by atoms with Gasteiger partial charge in [0.05, 0.1) is 5.56 Å². The summed E-state index contributed by atoms with van der Waals surface area (Å²) < 4.78 is 37.3. The largest absolute Gasteiger partial charge is 0.416 e. The maximum Gasteiger partial charge on any atom is 0.416 e. The summed E-state index contributed by atoms with van der Waals surface area (Å²) in [6.07, 6.45) is -2.46. The van der Waals surface area contributed by atoms with E-state index < -0.39 is 11.7 Å². The van der Waals surface area contributed by atoms with Gasteiger partial charge in [0, 0.05) is 17.3 Å². The van der Waals surface area contributed by atoms with Crippen molar-refractivity contribution in [2.75, 3.05) is 11.9 Å². The third kappa shape index (κ3) is 3.93. The lowest BCUT2D eigenvalue weighted by molar-refractivity contribution is -0.137. The molecule has 0 amide bonds. The van der Waals surface area contributed by atoms with E-state index in [1.54, 1.807) is 0 Å². The molecule has 0 bridgehead atoms. The second-order valence-corrected chi connectivity index (χ2v) is 3.94. The minimum Gasteiger partial charge on any atom is -0.385 e. The Morgan fingerprint density at radius 1 is 1.25 bits per heavy atom. The van der Waals surface area contributed by atoms with Gasteiger partial charge in [-0.25, -0.2) is 0 Å². The van der Waals surface area contributed by atoms with Crippen molar-refractivity contribution in [3.8, 4) is 0 Å². The Balaban J connectivity index is 2.82. The number of hydrogen-bond acceptors (Lipinski definition) is 1. The number of nitrogens with one attached hydrogen (secondary N) is 1. The van der Waals surface area contributed by atoms with Gasteiger partial charge in [0.15, 0.2) is 0 Å². The smallest absolute Gasteiger partial charge is 0.385 e. The van der Waals surface area contributed by atoms with Crippen LogP contribution in [0, 0.1) is 0 Å². The summed E-state index contributed by atoms with van der Waals surface area (Å²) in [5.74, 6) is 0. The molecular weight excluding hydrogens is 239 g/mol. The van der Waals surface area contributed by atoms with Crippen LogP contribution in [0.2, 0.25) is 5.02 Å². The van der Waals surface area contributed by atoms with E-state index in [0.717, 1.165) is 25.0 Å². The number of unbranched alkanes of at least 4 members (excludes halogenated alkanes) is 1. The number of alkyl halides is 3. The first-order valence-corrected chi connectivity index (χ1v) is 5.43. The highest BCUT2D eigenvalue weighted by Gasteiger charge is 2.31. The molecule has 0 spiro atoms. The lowest BCUT2D eigenvalue weighted by Gasteiger charge is -2.11. The van der Waals surface area contributed by atoms with E-state index in [9.17, 15) is 13.2 Å². The highest BCUT2D eigenvalue weighted by atomic mass is 35.5. The molecule has 0 aliphatic heterocycles.